The molecule has 0 radical (unpaired) electrons. The van der Waals surface area contributed by atoms with Crippen LogP contribution in [-0.2, 0) is 4.79 Å². The summed E-state index contributed by atoms with van der Waals surface area (Å²) in [6.07, 6.45) is 2.99. The van der Waals surface area contributed by atoms with Crippen LogP contribution < -0.4 is 9.64 Å². The Morgan fingerprint density at radius 3 is 2.41 bits per heavy atom. The Hall–Kier alpha value is -3.48. The first kappa shape index (κ1) is 18.9. The van der Waals surface area contributed by atoms with Crippen LogP contribution in [0.3, 0.4) is 0 Å². The summed E-state index contributed by atoms with van der Waals surface area (Å²) in [7, 11) is 0. The summed E-state index contributed by atoms with van der Waals surface area (Å²) in [5.41, 5.74) is 1.73. The van der Waals surface area contributed by atoms with Crippen molar-refractivity contribution in [3.63, 3.8) is 0 Å². The van der Waals surface area contributed by atoms with E-state index in [1.54, 1.807) is 19.3 Å². The number of hydrogen-bond donors (Lipinski definition) is 0. The Morgan fingerprint density at radius 1 is 0.966 bits per heavy atom. The molecule has 7 heteroatoms. The van der Waals surface area contributed by atoms with Gasteiger partial charge in [-0.15, -0.1) is 10.2 Å². The number of carbonyl (C=O) groups is 1. The molecule has 1 fully saturated rings. The number of para-hydroxylation sites is 1. The molecule has 1 amide bonds. The normalized spacial score (nSPS) is 15.1. The zero-order valence-corrected chi connectivity index (χ0v) is 16.3. The number of benzene rings is 1. The number of hydrogen-bond acceptors (Lipinski definition) is 6. The average Bonchev–Trinajstić information content (AvgIpc) is 2.80. The largest absolute Gasteiger partial charge is 0.481 e. The van der Waals surface area contributed by atoms with Gasteiger partial charge >= 0.3 is 0 Å². The quantitative estimate of drug-likeness (QED) is 0.668. The number of aromatic nitrogens is 3. The molecule has 1 aliphatic heterocycles. The van der Waals surface area contributed by atoms with Crippen molar-refractivity contribution in [3.8, 4) is 17.0 Å². The number of pyridine rings is 1. The van der Waals surface area contributed by atoms with E-state index in [1.165, 1.54) is 0 Å². The third-order valence-electron chi connectivity index (χ3n) is 4.93. The zero-order chi connectivity index (χ0) is 20.1. The molecule has 1 aromatic carbocycles. The minimum absolute atomic E-state index is 0.00603. The van der Waals surface area contributed by atoms with Crippen molar-refractivity contribution in [2.24, 2.45) is 0 Å². The van der Waals surface area contributed by atoms with Crippen LogP contribution in [0.25, 0.3) is 11.3 Å². The first-order chi connectivity index (χ1) is 14.2. The molecule has 2 aromatic heterocycles. The van der Waals surface area contributed by atoms with E-state index < -0.39 is 6.10 Å². The summed E-state index contributed by atoms with van der Waals surface area (Å²) < 4.78 is 5.76. The maximum absolute atomic E-state index is 12.7. The van der Waals surface area contributed by atoms with E-state index >= 15 is 0 Å². The van der Waals surface area contributed by atoms with E-state index in [1.807, 2.05) is 59.5 Å². The smallest absolute Gasteiger partial charge is 0.263 e. The van der Waals surface area contributed by atoms with Crippen LogP contribution in [-0.4, -0.2) is 58.3 Å². The molecule has 0 unspecified atom stereocenters. The number of amides is 1. The topological polar surface area (TPSA) is 71.5 Å². The predicted molar refractivity (Wildman–Crippen MR) is 111 cm³/mol. The van der Waals surface area contributed by atoms with E-state index in [0.717, 1.165) is 17.1 Å². The van der Waals surface area contributed by atoms with Gasteiger partial charge in [0.05, 0.1) is 5.69 Å². The van der Waals surface area contributed by atoms with Gasteiger partial charge in [0, 0.05) is 44.1 Å². The molecule has 0 saturated carbocycles. The van der Waals surface area contributed by atoms with Gasteiger partial charge in [-0.05, 0) is 43.3 Å². The number of rotatable bonds is 5. The van der Waals surface area contributed by atoms with Crippen molar-refractivity contribution in [2.45, 2.75) is 13.0 Å². The fraction of sp³-hybridized carbons (Fsp3) is 0.273. The van der Waals surface area contributed by atoms with Crippen LogP contribution in [0.15, 0.2) is 67.0 Å². The lowest BCUT2D eigenvalue weighted by molar-refractivity contribution is -0.138. The van der Waals surface area contributed by atoms with Gasteiger partial charge in [0.15, 0.2) is 11.9 Å². The predicted octanol–water partition coefficient (Wildman–Crippen LogP) is 2.65. The van der Waals surface area contributed by atoms with E-state index in [0.29, 0.717) is 31.9 Å². The SMILES string of the molecule is C[C@@H](Oc1ccccc1)C(=O)N1CCN(c2ccc(-c3cccnc3)nn2)CC1. The highest BCUT2D eigenvalue weighted by molar-refractivity contribution is 5.81. The third kappa shape index (κ3) is 4.51. The lowest BCUT2D eigenvalue weighted by Gasteiger charge is -2.36. The van der Waals surface area contributed by atoms with Crippen molar-refractivity contribution in [2.75, 3.05) is 31.1 Å². The Bertz CT molecular complexity index is 926. The van der Waals surface area contributed by atoms with Gasteiger partial charge in [-0.2, -0.15) is 0 Å². The van der Waals surface area contributed by atoms with Crippen LogP contribution in [0.4, 0.5) is 5.82 Å². The number of anilines is 1. The Labute approximate surface area is 170 Å². The van der Waals surface area contributed by atoms with Gasteiger partial charge in [0.1, 0.15) is 5.75 Å². The first-order valence-electron chi connectivity index (χ1n) is 9.70. The van der Waals surface area contributed by atoms with Gasteiger partial charge in [-0.3, -0.25) is 9.78 Å². The van der Waals surface area contributed by atoms with Gasteiger partial charge < -0.3 is 14.5 Å². The summed E-state index contributed by atoms with van der Waals surface area (Å²) in [5.74, 6) is 1.53. The summed E-state index contributed by atoms with van der Waals surface area (Å²) in [6, 6.07) is 17.2. The van der Waals surface area contributed by atoms with Crippen molar-refractivity contribution < 1.29 is 9.53 Å². The highest BCUT2D eigenvalue weighted by Crippen LogP contribution is 2.19. The highest BCUT2D eigenvalue weighted by atomic mass is 16.5. The van der Waals surface area contributed by atoms with Crippen molar-refractivity contribution in [3.05, 3.63) is 67.0 Å². The van der Waals surface area contributed by atoms with Crippen LogP contribution in [0, 0.1) is 0 Å². The molecular weight excluding hydrogens is 366 g/mol. The van der Waals surface area contributed by atoms with Crippen molar-refractivity contribution >= 4 is 11.7 Å². The Morgan fingerprint density at radius 2 is 1.76 bits per heavy atom. The minimum atomic E-state index is -0.512. The summed E-state index contributed by atoms with van der Waals surface area (Å²) in [5, 5.41) is 8.68. The molecule has 1 atom stereocenters. The summed E-state index contributed by atoms with van der Waals surface area (Å²) in [6.45, 7) is 4.49. The zero-order valence-electron chi connectivity index (χ0n) is 16.3. The van der Waals surface area contributed by atoms with Gasteiger partial charge in [-0.1, -0.05) is 18.2 Å². The second-order valence-electron chi connectivity index (χ2n) is 6.90. The molecule has 1 aliphatic rings. The van der Waals surface area contributed by atoms with Crippen LogP contribution in [0.1, 0.15) is 6.92 Å². The molecule has 0 N–H and O–H groups in total. The van der Waals surface area contributed by atoms with Gasteiger partial charge in [0.2, 0.25) is 0 Å². The van der Waals surface area contributed by atoms with Crippen LogP contribution in [0.5, 0.6) is 5.75 Å². The molecule has 4 rings (SSSR count). The second kappa shape index (κ2) is 8.68. The molecule has 3 heterocycles. The van der Waals surface area contributed by atoms with Crippen molar-refractivity contribution in [1.29, 1.82) is 0 Å². The first-order valence-corrected chi connectivity index (χ1v) is 9.70. The molecule has 148 valence electrons. The fourth-order valence-corrected chi connectivity index (χ4v) is 3.33. The maximum atomic E-state index is 12.7. The Balaban J connectivity index is 1.32. The maximum Gasteiger partial charge on any atom is 0.263 e. The Kier molecular flexibility index (Phi) is 5.65. The molecule has 3 aromatic rings. The summed E-state index contributed by atoms with van der Waals surface area (Å²) in [4.78, 5) is 20.8. The highest BCUT2D eigenvalue weighted by Gasteiger charge is 2.26. The number of piperazine rings is 1. The standard InChI is InChI=1S/C22H23N5O2/c1-17(29-19-7-3-2-4-8-19)22(28)27-14-12-26(13-15-27)21-10-9-20(24-25-21)18-6-5-11-23-16-18/h2-11,16-17H,12-15H2,1H3/t17-/m1/s1. The number of nitrogens with zero attached hydrogens (tertiary/aromatic N) is 5. The minimum Gasteiger partial charge on any atom is -0.481 e. The van der Waals surface area contributed by atoms with E-state index in [-0.39, 0.29) is 5.91 Å². The lowest BCUT2D eigenvalue weighted by atomic mass is 10.2. The van der Waals surface area contributed by atoms with E-state index in [4.69, 9.17) is 4.74 Å². The van der Waals surface area contributed by atoms with Gasteiger partial charge in [-0.25, -0.2) is 0 Å². The van der Waals surface area contributed by atoms with Crippen LogP contribution in [0.2, 0.25) is 0 Å². The molecule has 1 saturated heterocycles. The second-order valence-corrected chi connectivity index (χ2v) is 6.90. The summed E-state index contributed by atoms with van der Waals surface area (Å²) >= 11 is 0. The third-order valence-corrected chi connectivity index (χ3v) is 4.93. The molecule has 7 nitrogen and oxygen atoms in total. The number of ether oxygens (including phenoxy) is 1. The lowest BCUT2D eigenvalue weighted by Crippen LogP contribution is -2.52. The molecule has 0 aliphatic carbocycles. The molecule has 29 heavy (non-hydrogen) atoms. The monoisotopic (exact) mass is 389 g/mol. The van der Waals surface area contributed by atoms with Gasteiger partial charge in [0.25, 0.3) is 5.91 Å². The van der Waals surface area contributed by atoms with E-state index in [2.05, 4.69) is 20.1 Å². The van der Waals surface area contributed by atoms with Crippen molar-refractivity contribution in [1.82, 2.24) is 20.1 Å². The molecular formula is C22H23N5O2. The van der Waals surface area contributed by atoms with Crippen LogP contribution >= 0.6 is 0 Å². The van der Waals surface area contributed by atoms with E-state index in [9.17, 15) is 4.79 Å². The molecule has 0 spiro atoms. The molecule has 0 bridgehead atoms. The number of carbonyl (C=O) groups excluding carboxylic acids is 1. The fourth-order valence-electron chi connectivity index (χ4n) is 3.33. The average molecular weight is 389 g/mol.